The van der Waals surface area contributed by atoms with Gasteiger partial charge in [-0.3, -0.25) is 9.78 Å². The second kappa shape index (κ2) is 6.31. The smallest absolute Gasteiger partial charge is 0.253 e. The van der Waals surface area contributed by atoms with Gasteiger partial charge >= 0.3 is 0 Å². The van der Waals surface area contributed by atoms with Gasteiger partial charge in [-0.25, -0.2) is 4.98 Å². The van der Waals surface area contributed by atoms with E-state index in [4.69, 9.17) is 4.42 Å². The first-order valence-corrected chi connectivity index (χ1v) is 8.09. The summed E-state index contributed by atoms with van der Waals surface area (Å²) in [5.41, 5.74) is 1.46. The summed E-state index contributed by atoms with van der Waals surface area (Å²) in [5.74, 6) is 0.898. The maximum absolute atomic E-state index is 12.2. The molecule has 24 heavy (non-hydrogen) atoms. The summed E-state index contributed by atoms with van der Waals surface area (Å²) in [6.45, 7) is 1.71. The van der Waals surface area contributed by atoms with Gasteiger partial charge in [-0.1, -0.05) is 0 Å². The summed E-state index contributed by atoms with van der Waals surface area (Å²) in [7, 11) is 0. The van der Waals surface area contributed by atoms with Crippen LogP contribution in [-0.2, 0) is 0 Å². The number of furan rings is 1. The summed E-state index contributed by atoms with van der Waals surface area (Å²) in [6, 6.07) is 7.56. The van der Waals surface area contributed by atoms with Gasteiger partial charge in [0.1, 0.15) is 11.4 Å². The molecule has 0 radical (unpaired) electrons. The monoisotopic (exact) mass is 322 g/mol. The Bertz CT molecular complexity index is 838. The van der Waals surface area contributed by atoms with Gasteiger partial charge in [-0.15, -0.1) is 0 Å². The molecule has 4 rings (SSSR count). The van der Waals surface area contributed by atoms with Gasteiger partial charge in [0.05, 0.1) is 17.2 Å². The molecule has 0 aromatic carbocycles. The summed E-state index contributed by atoms with van der Waals surface area (Å²) < 4.78 is 5.44. The molecule has 3 aromatic rings. The summed E-state index contributed by atoms with van der Waals surface area (Å²) in [6.07, 6.45) is 8.50. The Kier molecular flexibility index (Phi) is 3.86. The third-order valence-corrected chi connectivity index (χ3v) is 4.41. The van der Waals surface area contributed by atoms with Gasteiger partial charge < -0.3 is 14.6 Å². The van der Waals surface area contributed by atoms with Crippen LogP contribution in [0.5, 0.6) is 0 Å². The van der Waals surface area contributed by atoms with E-state index in [-0.39, 0.29) is 11.9 Å². The Labute approximate surface area is 139 Å². The summed E-state index contributed by atoms with van der Waals surface area (Å²) >= 11 is 0. The van der Waals surface area contributed by atoms with E-state index >= 15 is 0 Å². The molecule has 6 nitrogen and oxygen atoms in total. The Morgan fingerprint density at radius 1 is 1.21 bits per heavy atom. The summed E-state index contributed by atoms with van der Waals surface area (Å²) in [4.78, 5) is 23.0. The standard InChI is InChI=1S/C18H18N4O2/c23-18(13-2-1-7-19-12-13)21-14-4-9-22(10-5-14)17-15-6-11-24-16(15)3-8-20-17/h1-3,6-8,11-12,14H,4-5,9-10H2,(H,21,23). The lowest BCUT2D eigenvalue weighted by atomic mass is 10.0. The predicted octanol–water partition coefficient (Wildman–Crippen LogP) is 2.62. The number of rotatable bonds is 3. The maximum atomic E-state index is 12.2. The first-order valence-electron chi connectivity index (χ1n) is 8.09. The quantitative estimate of drug-likeness (QED) is 0.802. The Morgan fingerprint density at radius 2 is 2.08 bits per heavy atom. The van der Waals surface area contributed by atoms with Crippen LogP contribution in [0, 0.1) is 0 Å². The van der Waals surface area contributed by atoms with E-state index < -0.39 is 0 Å². The molecule has 1 aliphatic heterocycles. The topological polar surface area (TPSA) is 71.3 Å². The highest BCUT2D eigenvalue weighted by Crippen LogP contribution is 2.27. The van der Waals surface area contributed by atoms with Gasteiger partial charge in [0.2, 0.25) is 0 Å². The number of amides is 1. The molecule has 0 spiro atoms. The fraction of sp³-hybridized carbons (Fsp3) is 0.278. The Morgan fingerprint density at radius 3 is 2.88 bits per heavy atom. The van der Waals surface area contributed by atoms with Crippen LogP contribution in [0.4, 0.5) is 5.82 Å². The van der Waals surface area contributed by atoms with Crippen molar-refractivity contribution in [1.29, 1.82) is 0 Å². The number of nitrogens with zero attached hydrogens (tertiary/aromatic N) is 3. The van der Waals surface area contributed by atoms with Crippen molar-refractivity contribution >= 4 is 22.7 Å². The van der Waals surface area contributed by atoms with Crippen molar-refractivity contribution in [2.75, 3.05) is 18.0 Å². The number of anilines is 1. The molecule has 0 unspecified atom stereocenters. The van der Waals surface area contributed by atoms with Gasteiger partial charge in [-0.05, 0) is 37.1 Å². The van der Waals surface area contributed by atoms with Crippen molar-refractivity contribution < 1.29 is 9.21 Å². The van der Waals surface area contributed by atoms with Crippen molar-refractivity contribution in [1.82, 2.24) is 15.3 Å². The van der Waals surface area contributed by atoms with E-state index in [1.54, 1.807) is 37.0 Å². The second-order valence-electron chi connectivity index (χ2n) is 5.94. The first kappa shape index (κ1) is 14.7. The molecule has 6 heteroatoms. The number of hydrogen-bond donors (Lipinski definition) is 1. The fourth-order valence-corrected chi connectivity index (χ4v) is 3.13. The zero-order valence-electron chi connectivity index (χ0n) is 13.2. The SMILES string of the molecule is O=C(NC1CCN(c2nccc3occc23)CC1)c1cccnc1. The van der Waals surface area contributed by atoms with E-state index in [9.17, 15) is 4.79 Å². The van der Waals surface area contributed by atoms with Gasteiger partial charge in [0.25, 0.3) is 5.91 Å². The van der Waals surface area contributed by atoms with Crippen LogP contribution in [0.3, 0.4) is 0 Å². The van der Waals surface area contributed by atoms with Crippen molar-refractivity contribution in [3.05, 3.63) is 54.7 Å². The number of hydrogen-bond acceptors (Lipinski definition) is 5. The zero-order chi connectivity index (χ0) is 16.4. The molecule has 1 N–H and O–H groups in total. The molecule has 1 amide bonds. The van der Waals surface area contributed by atoms with Crippen molar-refractivity contribution in [3.63, 3.8) is 0 Å². The number of carbonyl (C=O) groups is 1. The molecule has 0 aliphatic carbocycles. The molecule has 0 atom stereocenters. The maximum Gasteiger partial charge on any atom is 0.253 e. The van der Waals surface area contributed by atoms with E-state index in [2.05, 4.69) is 20.2 Å². The minimum atomic E-state index is -0.0587. The van der Waals surface area contributed by atoms with Crippen LogP contribution in [0.15, 0.2) is 53.5 Å². The lowest BCUT2D eigenvalue weighted by Crippen LogP contribution is -2.45. The molecule has 0 saturated carbocycles. The molecule has 3 aromatic heterocycles. The fourth-order valence-electron chi connectivity index (χ4n) is 3.13. The third-order valence-electron chi connectivity index (χ3n) is 4.41. The second-order valence-corrected chi connectivity index (χ2v) is 5.94. The molecule has 1 fully saturated rings. The largest absolute Gasteiger partial charge is 0.464 e. The van der Waals surface area contributed by atoms with Crippen LogP contribution in [0.1, 0.15) is 23.2 Å². The van der Waals surface area contributed by atoms with Crippen molar-refractivity contribution in [2.24, 2.45) is 0 Å². The van der Waals surface area contributed by atoms with Crippen LogP contribution in [-0.4, -0.2) is 35.0 Å². The molecule has 1 saturated heterocycles. The van der Waals surface area contributed by atoms with Gasteiger partial charge in [-0.2, -0.15) is 0 Å². The number of pyridine rings is 2. The lowest BCUT2D eigenvalue weighted by molar-refractivity contribution is 0.0930. The van der Waals surface area contributed by atoms with Crippen LogP contribution in [0.25, 0.3) is 11.0 Å². The summed E-state index contributed by atoms with van der Waals surface area (Å²) in [5, 5.41) is 4.13. The minimum Gasteiger partial charge on any atom is -0.464 e. The van der Waals surface area contributed by atoms with Gasteiger partial charge in [0, 0.05) is 37.7 Å². The molecule has 1 aliphatic rings. The molecule has 0 bridgehead atoms. The highest BCUT2D eigenvalue weighted by Gasteiger charge is 2.23. The van der Waals surface area contributed by atoms with Crippen LogP contribution in [0.2, 0.25) is 0 Å². The highest BCUT2D eigenvalue weighted by molar-refractivity contribution is 5.94. The van der Waals surface area contributed by atoms with Crippen LogP contribution >= 0.6 is 0 Å². The number of carbonyl (C=O) groups excluding carboxylic acids is 1. The van der Waals surface area contributed by atoms with Crippen LogP contribution < -0.4 is 10.2 Å². The minimum absolute atomic E-state index is 0.0587. The average Bonchev–Trinajstić information content (AvgIpc) is 3.12. The molecular formula is C18H18N4O2. The number of aromatic nitrogens is 2. The number of piperidine rings is 1. The zero-order valence-corrected chi connectivity index (χ0v) is 13.2. The molecule has 4 heterocycles. The Balaban J connectivity index is 1.40. The van der Waals surface area contributed by atoms with E-state index in [1.807, 2.05) is 12.1 Å². The number of nitrogens with one attached hydrogen (secondary N) is 1. The number of fused-ring (bicyclic) bond motifs is 1. The Hall–Kier alpha value is -2.89. The third kappa shape index (κ3) is 2.82. The molecule has 122 valence electrons. The first-order chi connectivity index (χ1) is 11.8. The normalized spacial score (nSPS) is 15.6. The van der Waals surface area contributed by atoms with E-state index in [0.29, 0.717) is 5.56 Å². The van der Waals surface area contributed by atoms with Crippen molar-refractivity contribution in [2.45, 2.75) is 18.9 Å². The van der Waals surface area contributed by atoms with E-state index in [0.717, 1.165) is 42.7 Å². The van der Waals surface area contributed by atoms with Crippen molar-refractivity contribution in [3.8, 4) is 0 Å². The lowest BCUT2D eigenvalue weighted by Gasteiger charge is -2.33. The predicted molar refractivity (Wildman–Crippen MR) is 90.9 cm³/mol. The molecular weight excluding hydrogens is 304 g/mol. The average molecular weight is 322 g/mol. The van der Waals surface area contributed by atoms with E-state index in [1.165, 1.54) is 0 Å². The van der Waals surface area contributed by atoms with Gasteiger partial charge in [0.15, 0.2) is 0 Å². The highest BCUT2D eigenvalue weighted by atomic mass is 16.3.